The molecule has 0 spiro atoms. The van der Waals surface area contributed by atoms with Gasteiger partial charge in [-0.25, -0.2) is 4.79 Å². The van der Waals surface area contributed by atoms with Crippen molar-refractivity contribution >= 4 is 28.9 Å². The van der Waals surface area contributed by atoms with Gasteiger partial charge in [-0.05, 0) is 35.9 Å². The van der Waals surface area contributed by atoms with Crippen molar-refractivity contribution in [3.63, 3.8) is 0 Å². The minimum Gasteiger partial charge on any atom is -0.457 e. The van der Waals surface area contributed by atoms with Crippen LogP contribution in [0.3, 0.4) is 0 Å². The lowest BCUT2D eigenvalue weighted by atomic mass is 10.1. The summed E-state index contributed by atoms with van der Waals surface area (Å²) in [6, 6.07) is 12.3. The van der Waals surface area contributed by atoms with Crippen LogP contribution in [0.4, 0.5) is 11.4 Å². The molecule has 4 nitrogen and oxygen atoms in total. The lowest BCUT2D eigenvalue weighted by Crippen LogP contribution is -2.15. The summed E-state index contributed by atoms with van der Waals surface area (Å²) >= 11 is 5.82. The molecule has 2 aromatic rings. The molecule has 5 heteroatoms. The van der Waals surface area contributed by atoms with E-state index in [0.29, 0.717) is 16.3 Å². The van der Waals surface area contributed by atoms with Crippen LogP contribution in [0.25, 0.3) is 0 Å². The van der Waals surface area contributed by atoms with E-state index in [2.05, 4.69) is 0 Å². The molecular weight excluding hydrogens is 288 g/mol. The first kappa shape index (κ1) is 15.2. The van der Waals surface area contributed by atoms with Crippen molar-refractivity contribution in [1.82, 2.24) is 0 Å². The molecule has 2 rings (SSSR count). The highest BCUT2D eigenvalue weighted by Gasteiger charge is 2.15. The number of carbonyl (C=O) groups excluding carboxylic acids is 1. The molecule has 110 valence electrons. The van der Waals surface area contributed by atoms with Crippen LogP contribution in [0, 0.1) is 0 Å². The van der Waals surface area contributed by atoms with Gasteiger partial charge in [-0.2, -0.15) is 0 Å². The van der Waals surface area contributed by atoms with Crippen LogP contribution >= 0.6 is 11.6 Å². The van der Waals surface area contributed by atoms with Gasteiger partial charge in [0.1, 0.15) is 6.61 Å². The van der Waals surface area contributed by atoms with Gasteiger partial charge in [-0.3, -0.25) is 0 Å². The summed E-state index contributed by atoms with van der Waals surface area (Å²) in [5.74, 6) is -0.402. The number of hydrogen-bond donors (Lipinski definition) is 1. The van der Waals surface area contributed by atoms with Gasteiger partial charge in [0, 0.05) is 24.8 Å². The number of hydrogen-bond acceptors (Lipinski definition) is 4. The fraction of sp³-hybridized carbons (Fsp3) is 0.188. The number of nitrogens with two attached hydrogens (primary N) is 1. The summed E-state index contributed by atoms with van der Waals surface area (Å²) in [6.45, 7) is 0.192. The molecule has 0 amide bonds. The maximum absolute atomic E-state index is 12.2. The Labute approximate surface area is 129 Å². The zero-order chi connectivity index (χ0) is 15.4. The second-order valence-corrected chi connectivity index (χ2v) is 5.31. The van der Waals surface area contributed by atoms with Crippen LogP contribution in [-0.2, 0) is 11.3 Å². The highest BCUT2D eigenvalue weighted by atomic mass is 35.5. The molecule has 0 atom stereocenters. The Hall–Kier alpha value is -2.20. The third-order valence-electron chi connectivity index (χ3n) is 3.01. The van der Waals surface area contributed by atoms with Gasteiger partial charge in [0.05, 0.1) is 11.3 Å². The topological polar surface area (TPSA) is 55.6 Å². The fourth-order valence-electron chi connectivity index (χ4n) is 1.91. The van der Waals surface area contributed by atoms with Crippen LogP contribution in [-0.4, -0.2) is 20.1 Å². The minimum absolute atomic E-state index is 0.192. The zero-order valence-electron chi connectivity index (χ0n) is 12.0. The molecule has 0 bridgehead atoms. The number of nitrogen functional groups attached to an aromatic ring is 1. The summed E-state index contributed by atoms with van der Waals surface area (Å²) in [5, 5.41) is 0.649. The Kier molecular flexibility index (Phi) is 4.70. The Morgan fingerprint density at radius 3 is 2.48 bits per heavy atom. The average molecular weight is 305 g/mol. The molecule has 0 radical (unpaired) electrons. The van der Waals surface area contributed by atoms with Crippen molar-refractivity contribution in [2.45, 2.75) is 6.61 Å². The van der Waals surface area contributed by atoms with Crippen molar-refractivity contribution in [3.8, 4) is 0 Å². The summed E-state index contributed by atoms with van der Waals surface area (Å²) in [5.41, 5.74) is 8.37. The van der Waals surface area contributed by atoms with Crippen LogP contribution in [0.1, 0.15) is 15.9 Å². The second kappa shape index (κ2) is 6.50. The van der Waals surface area contributed by atoms with Crippen LogP contribution < -0.4 is 10.6 Å². The number of anilines is 2. The SMILES string of the molecule is CN(C)c1ccc(N)cc1C(=O)OCc1ccc(Cl)cc1. The van der Waals surface area contributed by atoms with Gasteiger partial charge < -0.3 is 15.4 Å². The molecule has 21 heavy (non-hydrogen) atoms. The highest BCUT2D eigenvalue weighted by molar-refractivity contribution is 6.30. The summed E-state index contributed by atoms with van der Waals surface area (Å²) in [7, 11) is 3.73. The Balaban J connectivity index is 2.13. The van der Waals surface area contributed by atoms with E-state index in [1.807, 2.05) is 31.1 Å². The van der Waals surface area contributed by atoms with Gasteiger partial charge in [0.25, 0.3) is 0 Å². The molecule has 0 fully saturated rings. The number of rotatable bonds is 4. The van der Waals surface area contributed by atoms with E-state index in [1.165, 1.54) is 0 Å². The Bertz CT molecular complexity index is 639. The molecule has 0 aliphatic rings. The van der Waals surface area contributed by atoms with Gasteiger partial charge in [-0.1, -0.05) is 23.7 Å². The maximum atomic E-state index is 12.2. The smallest absolute Gasteiger partial charge is 0.340 e. The largest absolute Gasteiger partial charge is 0.457 e. The number of esters is 1. The lowest BCUT2D eigenvalue weighted by Gasteiger charge is -2.17. The molecule has 2 N–H and O–H groups in total. The Morgan fingerprint density at radius 1 is 1.19 bits per heavy atom. The first-order chi connectivity index (χ1) is 9.97. The van der Waals surface area contributed by atoms with E-state index in [-0.39, 0.29) is 6.61 Å². The molecule has 2 aromatic carbocycles. The van der Waals surface area contributed by atoms with E-state index in [1.54, 1.807) is 30.3 Å². The van der Waals surface area contributed by atoms with E-state index in [4.69, 9.17) is 22.1 Å². The normalized spacial score (nSPS) is 10.2. The molecule has 0 aliphatic heterocycles. The lowest BCUT2D eigenvalue weighted by molar-refractivity contribution is 0.0473. The monoisotopic (exact) mass is 304 g/mol. The van der Waals surface area contributed by atoms with Gasteiger partial charge in [-0.15, -0.1) is 0 Å². The summed E-state index contributed by atoms with van der Waals surface area (Å²) in [4.78, 5) is 14.1. The van der Waals surface area contributed by atoms with Crippen molar-refractivity contribution in [3.05, 3.63) is 58.6 Å². The van der Waals surface area contributed by atoms with Crippen LogP contribution in [0.15, 0.2) is 42.5 Å². The second-order valence-electron chi connectivity index (χ2n) is 4.87. The first-order valence-electron chi connectivity index (χ1n) is 6.46. The first-order valence-corrected chi connectivity index (χ1v) is 6.83. The predicted octanol–water partition coefficient (Wildman–Crippen LogP) is 3.35. The van der Waals surface area contributed by atoms with E-state index in [9.17, 15) is 4.79 Å². The number of carbonyl (C=O) groups is 1. The maximum Gasteiger partial charge on any atom is 0.340 e. The molecular formula is C16H17ClN2O2. The van der Waals surface area contributed by atoms with Crippen LogP contribution in [0.5, 0.6) is 0 Å². The number of ether oxygens (including phenoxy) is 1. The molecule has 0 saturated carbocycles. The van der Waals surface area contributed by atoms with Crippen molar-refractivity contribution in [2.75, 3.05) is 24.7 Å². The van der Waals surface area contributed by atoms with Gasteiger partial charge in [0.2, 0.25) is 0 Å². The molecule has 0 heterocycles. The van der Waals surface area contributed by atoms with Crippen molar-refractivity contribution < 1.29 is 9.53 Å². The van der Waals surface area contributed by atoms with Crippen LogP contribution in [0.2, 0.25) is 5.02 Å². The summed E-state index contributed by atoms with van der Waals surface area (Å²) in [6.07, 6.45) is 0. The number of nitrogens with zero attached hydrogens (tertiary/aromatic N) is 1. The minimum atomic E-state index is -0.402. The van der Waals surface area contributed by atoms with E-state index >= 15 is 0 Å². The quantitative estimate of drug-likeness (QED) is 0.695. The van der Waals surface area contributed by atoms with Gasteiger partial charge in [0.15, 0.2) is 0 Å². The molecule has 0 aliphatic carbocycles. The zero-order valence-corrected chi connectivity index (χ0v) is 12.7. The predicted molar refractivity (Wildman–Crippen MR) is 85.8 cm³/mol. The molecule has 0 aromatic heterocycles. The third-order valence-corrected chi connectivity index (χ3v) is 3.26. The fourth-order valence-corrected chi connectivity index (χ4v) is 2.04. The molecule has 0 unspecified atom stereocenters. The summed E-state index contributed by atoms with van der Waals surface area (Å²) < 4.78 is 5.34. The van der Waals surface area contributed by atoms with Gasteiger partial charge >= 0.3 is 5.97 Å². The van der Waals surface area contributed by atoms with E-state index < -0.39 is 5.97 Å². The molecule has 0 saturated heterocycles. The average Bonchev–Trinajstić information content (AvgIpc) is 2.46. The Morgan fingerprint density at radius 2 is 1.86 bits per heavy atom. The third kappa shape index (κ3) is 3.89. The van der Waals surface area contributed by atoms with E-state index in [0.717, 1.165) is 11.3 Å². The van der Waals surface area contributed by atoms with Crippen molar-refractivity contribution in [1.29, 1.82) is 0 Å². The number of benzene rings is 2. The van der Waals surface area contributed by atoms with Crippen molar-refractivity contribution in [2.24, 2.45) is 0 Å². The highest BCUT2D eigenvalue weighted by Crippen LogP contribution is 2.22. The standard InChI is InChI=1S/C16H17ClN2O2/c1-19(2)15-8-7-13(18)9-14(15)16(20)21-10-11-3-5-12(17)6-4-11/h3-9H,10,18H2,1-2H3. The number of halogens is 1.